The van der Waals surface area contributed by atoms with Crippen molar-refractivity contribution < 1.29 is 33.7 Å². The van der Waals surface area contributed by atoms with Crippen LogP contribution in [0.25, 0.3) is 0 Å². The van der Waals surface area contributed by atoms with Crippen LogP contribution < -0.4 is 14.2 Å². The molecule has 28 heavy (non-hydrogen) atoms. The number of imide groups is 1. The average molecular weight is 385 g/mol. The van der Waals surface area contributed by atoms with Crippen molar-refractivity contribution in [2.24, 2.45) is 0 Å². The van der Waals surface area contributed by atoms with E-state index in [4.69, 9.17) is 14.2 Å². The van der Waals surface area contributed by atoms with Crippen molar-refractivity contribution in [3.8, 4) is 17.2 Å². The fourth-order valence-corrected chi connectivity index (χ4v) is 3.31. The number of aliphatic carboxylic acids is 1. The van der Waals surface area contributed by atoms with Gasteiger partial charge in [0.15, 0.2) is 11.5 Å². The number of hydrogen-bond donors (Lipinski definition) is 1. The zero-order valence-electron chi connectivity index (χ0n) is 15.6. The maximum absolute atomic E-state index is 12.9. The number of carboxylic acid groups (broad SMARTS) is 1. The summed E-state index contributed by atoms with van der Waals surface area (Å²) in [4.78, 5) is 38.2. The van der Waals surface area contributed by atoms with E-state index in [1.54, 1.807) is 36.4 Å². The van der Waals surface area contributed by atoms with Gasteiger partial charge in [-0.25, -0.2) is 0 Å². The number of amides is 2. The minimum atomic E-state index is -1.16. The third kappa shape index (κ3) is 3.13. The lowest BCUT2D eigenvalue weighted by Crippen LogP contribution is -2.35. The number of ether oxygens (including phenoxy) is 3. The van der Waals surface area contributed by atoms with Crippen LogP contribution in [-0.4, -0.2) is 49.1 Å². The molecule has 0 spiro atoms. The summed E-state index contributed by atoms with van der Waals surface area (Å²) in [6.07, 6.45) is -0.468. The highest BCUT2D eigenvalue weighted by atomic mass is 16.5. The number of methoxy groups -OCH3 is 3. The quantitative estimate of drug-likeness (QED) is 0.731. The molecular weight excluding hydrogens is 366 g/mol. The van der Waals surface area contributed by atoms with Gasteiger partial charge in [-0.05, 0) is 29.8 Å². The van der Waals surface area contributed by atoms with E-state index in [0.29, 0.717) is 22.8 Å². The summed E-state index contributed by atoms with van der Waals surface area (Å²) in [5.41, 5.74) is 0.872. The lowest BCUT2D eigenvalue weighted by Gasteiger charge is -2.26. The normalized spacial score (nSPS) is 13.9. The van der Waals surface area contributed by atoms with Gasteiger partial charge in [-0.2, -0.15) is 0 Å². The highest BCUT2D eigenvalue weighted by Gasteiger charge is 2.41. The third-order valence-electron chi connectivity index (χ3n) is 4.58. The largest absolute Gasteiger partial charge is 0.493 e. The second-order valence-electron chi connectivity index (χ2n) is 6.10. The molecule has 2 aromatic rings. The molecule has 0 unspecified atom stereocenters. The van der Waals surface area contributed by atoms with E-state index in [1.165, 1.54) is 21.3 Å². The maximum Gasteiger partial charge on any atom is 0.305 e. The molecule has 0 fully saturated rings. The Kier molecular flexibility index (Phi) is 5.21. The number of carbonyl (C=O) groups excluding carboxylic acids is 2. The Morgan fingerprint density at radius 2 is 1.46 bits per heavy atom. The Labute approximate surface area is 161 Å². The SMILES string of the molecule is COc1cc([C@@H](CC(=O)O)N2C(=O)c3ccccc3C2=O)cc(OC)c1OC. The highest BCUT2D eigenvalue weighted by molar-refractivity contribution is 6.21. The van der Waals surface area contributed by atoms with Crippen molar-refractivity contribution in [2.45, 2.75) is 12.5 Å². The molecule has 3 rings (SSSR count). The van der Waals surface area contributed by atoms with Gasteiger partial charge in [-0.1, -0.05) is 12.1 Å². The van der Waals surface area contributed by atoms with Crippen LogP contribution in [0.15, 0.2) is 36.4 Å². The highest BCUT2D eigenvalue weighted by Crippen LogP contribution is 2.42. The van der Waals surface area contributed by atoms with Crippen molar-refractivity contribution in [1.29, 1.82) is 0 Å². The summed E-state index contributed by atoms with van der Waals surface area (Å²) in [6, 6.07) is 8.43. The Balaban J connectivity index is 2.14. The first-order chi connectivity index (χ1) is 13.4. The van der Waals surface area contributed by atoms with Gasteiger partial charge in [0, 0.05) is 0 Å². The summed E-state index contributed by atoms with van der Waals surface area (Å²) < 4.78 is 15.9. The van der Waals surface area contributed by atoms with Gasteiger partial charge in [-0.15, -0.1) is 0 Å². The molecule has 1 atom stereocenters. The van der Waals surface area contributed by atoms with E-state index < -0.39 is 30.2 Å². The smallest absolute Gasteiger partial charge is 0.305 e. The zero-order chi connectivity index (χ0) is 20.4. The number of carbonyl (C=O) groups is 3. The summed E-state index contributed by atoms with van der Waals surface area (Å²) in [5.74, 6) is -1.32. The third-order valence-corrected chi connectivity index (χ3v) is 4.58. The van der Waals surface area contributed by atoms with Crippen molar-refractivity contribution in [2.75, 3.05) is 21.3 Å². The molecule has 0 saturated carbocycles. The average Bonchev–Trinajstić information content (AvgIpc) is 2.95. The summed E-state index contributed by atoms with van der Waals surface area (Å²) >= 11 is 0. The number of fused-ring (bicyclic) bond motifs is 1. The summed E-state index contributed by atoms with van der Waals surface area (Å²) in [6.45, 7) is 0. The Bertz CT molecular complexity index is 893. The van der Waals surface area contributed by atoms with E-state index in [0.717, 1.165) is 4.90 Å². The van der Waals surface area contributed by atoms with Crippen molar-refractivity contribution in [3.05, 3.63) is 53.1 Å². The molecule has 8 heteroatoms. The van der Waals surface area contributed by atoms with Crippen LogP contribution in [0, 0.1) is 0 Å². The molecule has 8 nitrogen and oxygen atoms in total. The van der Waals surface area contributed by atoms with E-state index in [2.05, 4.69) is 0 Å². The first kappa shape index (κ1) is 19.2. The molecule has 0 aliphatic carbocycles. The molecule has 1 aliphatic rings. The fourth-order valence-electron chi connectivity index (χ4n) is 3.31. The van der Waals surface area contributed by atoms with Gasteiger partial charge in [0.1, 0.15) is 0 Å². The monoisotopic (exact) mass is 385 g/mol. The standard InChI is InChI=1S/C20H19NO7/c1-26-15-8-11(9-16(27-2)18(15)28-3)14(10-17(22)23)21-19(24)12-6-4-5-7-13(12)20(21)25/h4-9,14H,10H2,1-3H3,(H,22,23)/t14-/m1/s1. The Morgan fingerprint density at radius 1 is 0.964 bits per heavy atom. The number of benzene rings is 2. The number of hydrogen-bond acceptors (Lipinski definition) is 6. The van der Waals surface area contributed by atoms with Crippen LogP contribution in [0.5, 0.6) is 17.2 Å². The van der Waals surface area contributed by atoms with E-state index >= 15 is 0 Å². The van der Waals surface area contributed by atoms with Gasteiger partial charge < -0.3 is 19.3 Å². The molecule has 2 amide bonds. The number of nitrogens with zero attached hydrogens (tertiary/aromatic N) is 1. The van der Waals surface area contributed by atoms with E-state index in [1.807, 2.05) is 0 Å². The first-order valence-electron chi connectivity index (χ1n) is 8.41. The van der Waals surface area contributed by atoms with Crippen molar-refractivity contribution in [1.82, 2.24) is 4.90 Å². The van der Waals surface area contributed by atoms with Gasteiger partial charge in [-0.3, -0.25) is 19.3 Å². The molecule has 2 aromatic carbocycles. The second-order valence-corrected chi connectivity index (χ2v) is 6.10. The second kappa shape index (κ2) is 7.59. The van der Waals surface area contributed by atoms with Crippen LogP contribution in [-0.2, 0) is 4.79 Å². The van der Waals surface area contributed by atoms with Gasteiger partial charge in [0.25, 0.3) is 11.8 Å². The van der Waals surface area contributed by atoms with Crippen LogP contribution in [0.2, 0.25) is 0 Å². The summed E-state index contributed by atoms with van der Waals surface area (Å²) in [5, 5.41) is 9.41. The Morgan fingerprint density at radius 3 is 1.86 bits per heavy atom. The minimum Gasteiger partial charge on any atom is -0.493 e. The molecule has 1 heterocycles. The van der Waals surface area contributed by atoms with E-state index in [-0.39, 0.29) is 11.1 Å². The van der Waals surface area contributed by atoms with Crippen LogP contribution in [0.1, 0.15) is 38.7 Å². The molecule has 146 valence electrons. The van der Waals surface area contributed by atoms with E-state index in [9.17, 15) is 19.5 Å². The topological polar surface area (TPSA) is 102 Å². The van der Waals surface area contributed by atoms with Crippen LogP contribution in [0.4, 0.5) is 0 Å². The predicted molar refractivity (Wildman–Crippen MR) is 98.0 cm³/mol. The summed E-state index contributed by atoms with van der Waals surface area (Å²) in [7, 11) is 4.30. The maximum atomic E-state index is 12.9. The first-order valence-corrected chi connectivity index (χ1v) is 8.41. The van der Waals surface area contributed by atoms with Gasteiger partial charge >= 0.3 is 5.97 Å². The molecule has 0 radical (unpaired) electrons. The number of carboxylic acids is 1. The van der Waals surface area contributed by atoms with Crippen LogP contribution >= 0.6 is 0 Å². The zero-order valence-corrected chi connectivity index (χ0v) is 15.6. The number of rotatable bonds is 7. The van der Waals surface area contributed by atoms with Crippen molar-refractivity contribution in [3.63, 3.8) is 0 Å². The molecule has 1 N–H and O–H groups in total. The Hall–Kier alpha value is -3.55. The lowest BCUT2D eigenvalue weighted by molar-refractivity contribution is -0.138. The molecular formula is C20H19NO7. The predicted octanol–water partition coefficient (Wildman–Crippen LogP) is 2.52. The van der Waals surface area contributed by atoms with Crippen LogP contribution in [0.3, 0.4) is 0 Å². The fraction of sp³-hybridized carbons (Fsp3) is 0.250. The molecule has 1 aliphatic heterocycles. The molecule has 0 bridgehead atoms. The van der Waals surface area contributed by atoms with Crippen molar-refractivity contribution >= 4 is 17.8 Å². The van der Waals surface area contributed by atoms with Gasteiger partial charge in [0.05, 0.1) is 44.9 Å². The minimum absolute atomic E-state index is 0.246. The van der Waals surface area contributed by atoms with Gasteiger partial charge in [0.2, 0.25) is 5.75 Å². The lowest BCUT2D eigenvalue weighted by atomic mass is 10.0. The molecule has 0 saturated heterocycles. The molecule has 0 aromatic heterocycles.